The van der Waals surface area contributed by atoms with Gasteiger partial charge in [0, 0.05) is 49.6 Å². The summed E-state index contributed by atoms with van der Waals surface area (Å²) in [4.78, 5) is 46.7. The van der Waals surface area contributed by atoms with Gasteiger partial charge in [0.1, 0.15) is 18.2 Å². The number of likely N-dealkylation sites (N-methyl/N-ethyl adjacent to an activating group) is 1. The van der Waals surface area contributed by atoms with Gasteiger partial charge < -0.3 is 29.6 Å². The van der Waals surface area contributed by atoms with Gasteiger partial charge in [-0.05, 0) is 76.5 Å². The Morgan fingerprint density at radius 3 is 2.51 bits per heavy atom. The number of nitrogens with zero attached hydrogens (tertiary/aromatic N) is 2. The molecule has 1 aliphatic heterocycles. The van der Waals surface area contributed by atoms with Gasteiger partial charge in [-0.15, -0.1) is 0 Å². The average Bonchev–Trinajstić information content (AvgIpc) is 3.64. The predicted molar refractivity (Wildman–Crippen MR) is 182 cm³/mol. The van der Waals surface area contributed by atoms with Crippen LogP contribution >= 0.6 is 0 Å². The number of carbonyl (C=O) groups excluding carboxylic acids is 3. The number of hydrogen-bond donors (Lipinski definition) is 2. The molecule has 256 valence electrons. The van der Waals surface area contributed by atoms with Crippen LogP contribution in [0.2, 0.25) is 0 Å². The number of halogens is 1. The second-order valence-electron chi connectivity index (χ2n) is 13.9. The van der Waals surface area contributed by atoms with Crippen molar-refractivity contribution in [3.63, 3.8) is 0 Å². The maximum atomic E-state index is 13.9. The minimum atomic E-state index is -0.682. The van der Waals surface area contributed by atoms with E-state index < -0.39 is 23.8 Å². The van der Waals surface area contributed by atoms with Crippen molar-refractivity contribution < 1.29 is 28.2 Å². The van der Waals surface area contributed by atoms with Crippen LogP contribution in [0.4, 0.5) is 14.0 Å². The molecule has 2 aromatic rings. The molecule has 1 aliphatic carbocycles. The van der Waals surface area contributed by atoms with Gasteiger partial charge in [-0.25, -0.2) is 14.0 Å². The van der Waals surface area contributed by atoms with E-state index in [1.165, 1.54) is 13.0 Å². The third kappa shape index (κ3) is 9.95. The molecular formula is C37H51FN4O5. The molecule has 2 fully saturated rings. The van der Waals surface area contributed by atoms with Gasteiger partial charge in [0.15, 0.2) is 0 Å². The fourth-order valence-electron chi connectivity index (χ4n) is 6.77. The van der Waals surface area contributed by atoms with Gasteiger partial charge >= 0.3 is 12.2 Å². The number of aromatic nitrogens is 1. The summed E-state index contributed by atoms with van der Waals surface area (Å²) >= 11 is 0. The van der Waals surface area contributed by atoms with Crippen LogP contribution in [0.15, 0.2) is 48.9 Å². The molecule has 2 aliphatic rings. The van der Waals surface area contributed by atoms with Crippen molar-refractivity contribution in [2.24, 2.45) is 5.92 Å². The predicted octanol–water partition coefficient (Wildman–Crippen LogP) is 7.80. The number of ether oxygens (including phenoxy) is 2. The number of alkyl carbamates (subject to hydrolysis) is 1. The lowest BCUT2D eigenvalue weighted by Crippen LogP contribution is -2.53. The van der Waals surface area contributed by atoms with Crippen molar-refractivity contribution in [1.82, 2.24) is 20.1 Å². The van der Waals surface area contributed by atoms with Crippen molar-refractivity contribution in [2.45, 2.75) is 103 Å². The number of H-pyrrole nitrogens is 1. The molecule has 4 rings (SSSR count). The van der Waals surface area contributed by atoms with Crippen molar-refractivity contribution in [3.8, 4) is 0 Å². The van der Waals surface area contributed by atoms with Crippen molar-refractivity contribution in [2.75, 3.05) is 20.1 Å². The molecule has 0 spiro atoms. The van der Waals surface area contributed by atoms with Crippen molar-refractivity contribution >= 4 is 30.2 Å². The van der Waals surface area contributed by atoms with Crippen molar-refractivity contribution in [3.05, 3.63) is 71.3 Å². The van der Waals surface area contributed by atoms with Gasteiger partial charge in [-0.3, -0.25) is 4.79 Å². The summed E-state index contributed by atoms with van der Waals surface area (Å²) in [6.45, 7) is 11.7. The van der Waals surface area contributed by atoms with Gasteiger partial charge in [0.2, 0.25) is 5.91 Å². The summed E-state index contributed by atoms with van der Waals surface area (Å²) in [5, 5.41) is 2.89. The van der Waals surface area contributed by atoms with Gasteiger partial charge in [0.25, 0.3) is 0 Å². The summed E-state index contributed by atoms with van der Waals surface area (Å²) in [5.74, 6) is -0.487. The van der Waals surface area contributed by atoms with Crippen LogP contribution in [0.25, 0.3) is 12.2 Å². The van der Waals surface area contributed by atoms with E-state index in [1.807, 2.05) is 36.5 Å². The van der Waals surface area contributed by atoms with Gasteiger partial charge in [0.05, 0.1) is 5.83 Å². The summed E-state index contributed by atoms with van der Waals surface area (Å²) < 4.78 is 25.0. The molecule has 2 heterocycles. The van der Waals surface area contributed by atoms with Crippen LogP contribution in [-0.4, -0.2) is 70.7 Å². The van der Waals surface area contributed by atoms with E-state index in [9.17, 15) is 18.8 Å². The number of nitrogens with one attached hydrogen (secondary N) is 2. The summed E-state index contributed by atoms with van der Waals surface area (Å²) in [5.41, 5.74) is 2.61. The number of hydrogen-bond acceptors (Lipinski definition) is 5. The highest BCUT2D eigenvalue weighted by molar-refractivity contribution is 5.86. The lowest BCUT2D eigenvalue weighted by molar-refractivity contribution is -0.134. The quantitative estimate of drug-likeness (QED) is 0.258. The van der Waals surface area contributed by atoms with Crippen LogP contribution in [0.3, 0.4) is 0 Å². The summed E-state index contributed by atoms with van der Waals surface area (Å²) in [6.07, 6.45) is 10.1. The van der Waals surface area contributed by atoms with Crippen LogP contribution in [0.1, 0.15) is 101 Å². The first-order valence-electron chi connectivity index (χ1n) is 16.8. The van der Waals surface area contributed by atoms with Gasteiger partial charge in [-0.1, -0.05) is 62.2 Å². The molecule has 1 aromatic carbocycles. The molecular weight excluding hydrogens is 599 g/mol. The highest BCUT2D eigenvalue weighted by atomic mass is 19.1. The Labute approximate surface area is 278 Å². The Bertz CT molecular complexity index is 1410. The summed E-state index contributed by atoms with van der Waals surface area (Å²) in [6, 6.07) is 8.63. The molecule has 0 bridgehead atoms. The van der Waals surface area contributed by atoms with Crippen molar-refractivity contribution in [1.29, 1.82) is 0 Å². The zero-order valence-electron chi connectivity index (χ0n) is 28.5. The molecule has 1 saturated carbocycles. The number of carbonyl (C=O) groups is 3. The largest absolute Gasteiger partial charge is 0.445 e. The molecule has 2 N–H and O–H groups in total. The standard InChI is InChI=1S/C37H51FN4O5/c1-7-30-31(22-39-32(30)20-25(2)38)28-21-29(42(23-28)36(45)46-24-26-14-10-8-11-15-26)18-19-41(6)34(43)33(27-16-12-9-13-17-27)40-35(44)47-37(3,4)5/h7-8,10-11,14-15,20,22,27-29,33,39H,1,9,12-13,16-19,21,23-24H2,2-6H3,(H,40,44). The number of amides is 3. The molecule has 9 nitrogen and oxygen atoms in total. The Kier molecular flexibility index (Phi) is 12.3. The molecule has 3 unspecified atom stereocenters. The fourth-order valence-corrected chi connectivity index (χ4v) is 6.77. The van der Waals surface area contributed by atoms with Crippen LogP contribution in [0.5, 0.6) is 0 Å². The number of allylic oxidation sites excluding steroid dienone is 1. The molecule has 47 heavy (non-hydrogen) atoms. The van der Waals surface area contributed by atoms with E-state index in [1.54, 1.807) is 43.7 Å². The minimum Gasteiger partial charge on any atom is -0.445 e. The zero-order chi connectivity index (χ0) is 34.1. The topological polar surface area (TPSA) is 104 Å². The average molecular weight is 651 g/mol. The van der Waals surface area contributed by atoms with Crippen LogP contribution in [0, 0.1) is 5.92 Å². The van der Waals surface area contributed by atoms with E-state index in [-0.39, 0.29) is 36.2 Å². The Morgan fingerprint density at radius 2 is 1.87 bits per heavy atom. The Balaban J connectivity index is 1.50. The third-order valence-corrected chi connectivity index (χ3v) is 9.06. The van der Waals surface area contributed by atoms with E-state index >= 15 is 0 Å². The molecule has 3 atom stereocenters. The molecule has 0 radical (unpaired) electrons. The maximum Gasteiger partial charge on any atom is 0.410 e. The molecule has 1 saturated heterocycles. The highest BCUT2D eigenvalue weighted by Crippen LogP contribution is 2.37. The summed E-state index contributed by atoms with van der Waals surface area (Å²) in [7, 11) is 1.75. The second-order valence-corrected chi connectivity index (χ2v) is 13.9. The highest BCUT2D eigenvalue weighted by Gasteiger charge is 2.39. The van der Waals surface area contributed by atoms with E-state index in [0.717, 1.165) is 48.8 Å². The minimum absolute atomic E-state index is 0.0358. The third-order valence-electron chi connectivity index (χ3n) is 9.06. The number of likely N-dealkylation sites (tertiary alicyclic amines) is 1. The number of rotatable bonds is 11. The van der Waals surface area contributed by atoms with Crippen LogP contribution < -0.4 is 5.32 Å². The monoisotopic (exact) mass is 650 g/mol. The number of benzene rings is 1. The molecule has 1 aromatic heterocycles. The maximum absolute atomic E-state index is 13.9. The Morgan fingerprint density at radius 1 is 1.17 bits per heavy atom. The SMILES string of the molecule is C=Cc1c(C2CC(CCN(C)C(=O)C(NC(=O)OC(C)(C)C)C3CCCCC3)N(C(=O)OCc3ccccc3)C2)c[nH]c1C=C(C)F. The fraction of sp³-hybridized carbons (Fsp3) is 0.541. The van der Waals surface area contributed by atoms with E-state index in [4.69, 9.17) is 9.47 Å². The Hall–Kier alpha value is -4.08. The van der Waals surface area contributed by atoms with E-state index in [2.05, 4.69) is 16.9 Å². The molecule has 3 amide bonds. The lowest BCUT2D eigenvalue weighted by Gasteiger charge is -2.34. The first-order chi connectivity index (χ1) is 22.4. The lowest BCUT2D eigenvalue weighted by atomic mass is 9.83. The number of aromatic amines is 1. The normalized spacial score (nSPS) is 19.6. The van der Waals surface area contributed by atoms with Crippen LogP contribution in [-0.2, 0) is 20.9 Å². The zero-order valence-corrected chi connectivity index (χ0v) is 28.5. The smallest absolute Gasteiger partial charge is 0.410 e. The first-order valence-corrected chi connectivity index (χ1v) is 16.8. The first kappa shape index (κ1) is 35.8. The second kappa shape index (κ2) is 16.2. The molecule has 10 heteroatoms. The van der Waals surface area contributed by atoms with Gasteiger partial charge in [-0.2, -0.15) is 0 Å². The van der Waals surface area contributed by atoms with E-state index in [0.29, 0.717) is 31.6 Å².